The van der Waals surface area contributed by atoms with Crippen molar-refractivity contribution < 1.29 is 9.53 Å². The molecule has 0 bridgehead atoms. The van der Waals surface area contributed by atoms with E-state index in [-0.39, 0.29) is 5.91 Å². The average molecular weight is 390 g/mol. The van der Waals surface area contributed by atoms with E-state index in [2.05, 4.69) is 32.7 Å². The molecule has 0 radical (unpaired) electrons. The van der Waals surface area contributed by atoms with Crippen molar-refractivity contribution in [3.8, 4) is 5.75 Å². The minimum atomic E-state index is -0.252. The fourth-order valence-corrected chi connectivity index (χ4v) is 3.24. The van der Waals surface area contributed by atoms with Crippen LogP contribution in [0.2, 0.25) is 0 Å². The molecule has 150 valence electrons. The Hall–Kier alpha value is -3.41. The summed E-state index contributed by atoms with van der Waals surface area (Å²) in [6.07, 6.45) is 0. The average Bonchev–Trinajstić information content (AvgIpc) is 2.69. The molecule has 0 aliphatic rings. The van der Waals surface area contributed by atoms with E-state index in [0.717, 1.165) is 33.8 Å². The lowest BCUT2D eigenvalue weighted by molar-refractivity contribution is 0.102. The maximum Gasteiger partial charge on any atom is 0.274 e. The van der Waals surface area contributed by atoms with Gasteiger partial charge in [-0.15, -0.1) is 0 Å². The Morgan fingerprint density at radius 1 is 0.966 bits per heavy atom. The number of carbonyl (C=O) groups is 1. The molecule has 29 heavy (non-hydrogen) atoms. The number of ether oxygens (including phenoxy) is 1. The second-order valence-corrected chi connectivity index (χ2v) is 7.15. The molecule has 0 spiro atoms. The number of hydrogen-bond acceptors (Lipinski definition) is 5. The first-order chi connectivity index (χ1) is 13.9. The minimum absolute atomic E-state index is 0.252. The number of nitrogens with one attached hydrogen (secondary N) is 2. The summed E-state index contributed by atoms with van der Waals surface area (Å²) < 4.78 is 5.17. The first-order valence-corrected chi connectivity index (χ1v) is 9.47. The molecule has 0 unspecified atom stereocenters. The van der Waals surface area contributed by atoms with Crippen molar-refractivity contribution in [1.29, 1.82) is 0 Å². The molecular formula is C23H26N4O2. The highest BCUT2D eigenvalue weighted by Gasteiger charge is 2.14. The molecule has 1 amide bonds. The van der Waals surface area contributed by atoms with E-state index in [1.807, 2.05) is 52.0 Å². The predicted molar refractivity (Wildman–Crippen MR) is 116 cm³/mol. The highest BCUT2D eigenvalue weighted by molar-refractivity contribution is 6.04. The quantitative estimate of drug-likeness (QED) is 0.644. The van der Waals surface area contributed by atoms with Crippen LogP contribution in [0.15, 0.2) is 42.5 Å². The molecule has 0 aliphatic carbocycles. The van der Waals surface area contributed by atoms with Crippen molar-refractivity contribution in [3.05, 3.63) is 76.1 Å². The van der Waals surface area contributed by atoms with Crippen molar-refractivity contribution >= 4 is 17.5 Å². The van der Waals surface area contributed by atoms with E-state index in [0.29, 0.717) is 18.2 Å². The Bertz CT molecular complexity index is 1010. The lowest BCUT2D eigenvalue weighted by Crippen LogP contribution is -2.17. The van der Waals surface area contributed by atoms with Gasteiger partial charge >= 0.3 is 0 Å². The minimum Gasteiger partial charge on any atom is -0.497 e. The first-order valence-electron chi connectivity index (χ1n) is 9.47. The summed E-state index contributed by atoms with van der Waals surface area (Å²) >= 11 is 0. The molecule has 0 saturated carbocycles. The third-order valence-electron chi connectivity index (χ3n) is 4.61. The molecule has 1 heterocycles. The highest BCUT2D eigenvalue weighted by Crippen LogP contribution is 2.22. The first kappa shape index (κ1) is 20.3. The Balaban J connectivity index is 1.75. The van der Waals surface area contributed by atoms with Crippen LogP contribution in [0.25, 0.3) is 0 Å². The third kappa shape index (κ3) is 5.10. The van der Waals surface area contributed by atoms with Gasteiger partial charge in [-0.3, -0.25) is 4.79 Å². The summed E-state index contributed by atoms with van der Waals surface area (Å²) in [6, 6.07) is 13.5. The van der Waals surface area contributed by atoms with Gasteiger partial charge in [0.15, 0.2) is 0 Å². The van der Waals surface area contributed by atoms with Gasteiger partial charge in [-0.2, -0.15) is 0 Å². The second-order valence-electron chi connectivity index (χ2n) is 7.15. The van der Waals surface area contributed by atoms with E-state index in [1.54, 1.807) is 13.2 Å². The number of nitrogens with zero attached hydrogens (tertiary/aromatic N) is 2. The van der Waals surface area contributed by atoms with Gasteiger partial charge in [-0.05, 0) is 62.6 Å². The van der Waals surface area contributed by atoms with E-state index in [9.17, 15) is 4.79 Å². The fraction of sp³-hybridized carbons (Fsp3) is 0.261. The molecule has 0 saturated heterocycles. The van der Waals surface area contributed by atoms with Crippen LogP contribution in [-0.2, 0) is 6.54 Å². The second kappa shape index (κ2) is 8.73. The van der Waals surface area contributed by atoms with Crippen LogP contribution in [0.1, 0.15) is 38.4 Å². The predicted octanol–water partition coefficient (Wildman–Crippen LogP) is 4.58. The molecule has 1 aromatic heterocycles. The van der Waals surface area contributed by atoms with Gasteiger partial charge in [0, 0.05) is 17.9 Å². The number of methoxy groups -OCH3 is 1. The largest absolute Gasteiger partial charge is 0.497 e. The number of hydrogen-bond donors (Lipinski definition) is 2. The molecule has 6 heteroatoms. The zero-order valence-corrected chi connectivity index (χ0v) is 17.5. The van der Waals surface area contributed by atoms with Crippen molar-refractivity contribution in [2.45, 2.75) is 34.2 Å². The number of rotatable bonds is 6. The Labute approximate surface area is 171 Å². The summed E-state index contributed by atoms with van der Waals surface area (Å²) in [5.74, 6) is 0.975. The Morgan fingerprint density at radius 2 is 1.62 bits per heavy atom. The molecule has 0 fully saturated rings. The van der Waals surface area contributed by atoms with Crippen LogP contribution in [0, 0.1) is 27.7 Å². The van der Waals surface area contributed by atoms with Crippen molar-refractivity contribution in [1.82, 2.24) is 9.97 Å². The maximum atomic E-state index is 12.8. The van der Waals surface area contributed by atoms with Crippen LogP contribution < -0.4 is 15.4 Å². The van der Waals surface area contributed by atoms with Crippen LogP contribution in [0.4, 0.5) is 11.6 Å². The number of benzene rings is 2. The summed E-state index contributed by atoms with van der Waals surface area (Å²) in [5, 5.41) is 6.18. The van der Waals surface area contributed by atoms with E-state index < -0.39 is 0 Å². The topological polar surface area (TPSA) is 76.1 Å². The molecule has 0 aliphatic heterocycles. The van der Waals surface area contributed by atoms with Crippen LogP contribution >= 0.6 is 0 Å². The van der Waals surface area contributed by atoms with Gasteiger partial charge in [-0.25, -0.2) is 9.97 Å². The SMILES string of the molecule is COc1ccc(CNc2nc(C)cc(C(=O)Nc3c(C)cc(C)cc3C)n2)cc1. The number of amides is 1. The van der Waals surface area contributed by atoms with Crippen molar-refractivity contribution in [3.63, 3.8) is 0 Å². The molecule has 3 aromatic rings. The zero-order valence-electron chi connectivity index (χ0n) is 17.5. The van der Waals surface area contributed by atoms with Gasteiger partial charge in [0.05, 0.1) is 7.11 Å². The molecule has 6 nitrogen and oxygen atoms in total. The van der Waals surface area contributed by atoms with Gasteiger partial charge in [0.2, 0.25) is 5.95 Å². The lowest BCUT2D eigenvalue weighted by atomic mass is 10.0. The number of aryl methyl sites for hydroxylation is 4. The van der Waals surface area contributed by atoms with Crippen LogP contribution in [-0.4, -0.2) is 23.0 Å². The normalized spacial score (nSPS) is 10.5. The van der Waals surface area contributed by atoms with Gasteiger partial charge in [0.25, 0.3) is 5.91 Å². The fourth-order valence-electron chi connectivity index (χ4n) is 3.24. The van der Waals surface area contributed by atoms with Gasteiger partial charge < -0.3 is 15.4 Å². The van der Waals surface area contributed by atoms with Crippen LogP contribution in [0.3, 0.4) is 0 Å². The van der Waals surface area contributed by atoms with E-state index >= 15 is 0 Å². The Kier molecular flexibility index (Phi) is 6.12. The Morgan fingerprint density at radius 3 is 2.24 bits per heavy atom. The summed E-state index contributed by atoms with van der Waals surface area (Å²) in [4.78, 5) is 21.6. The number of aromatic nitrogens is 2. The molecule has 3 rings (SSSR count). The number of carbonyl (C=O) groups excluding carboxylic acids is 1. The smallest absolute Gasteiger partial charge is 0.274 e. The van der Waals surface area contributed by atoms with Gasteiger partial charge in [0.1, 0.15) is 11.4 Å². The third-order valence-corrected chi connectivity index (χ3v) is 4.61. The van der Waals surface area contributed by atoms with E-state index in [1.165, 1.54) is 5.56 Å². The summed E-state index contributed by atoms with van der Waals surface area (Å²) in [6.45, 7) is 8.41. The standard InChI is InChI=1S/C23H26N4O2/c1-14-10-15(2)21(16(3)11-14)27-22(28)20-12-17(4)25-23(26-20)24-13-18-6-8-19(29-5)9-7-18/h6-12H,13H2,1-5H3,(H,27,28)(H,24,25,26). The zero-order chi connectivity index (χ0) is 21.0. The van der Waals surface area contributed by atoms with Crippen molar-refractivity contribution in [2.24, 2.45) is 0 Å². The molecule has 2 N–H and O–H groups in total. The molecule has 2 aromatic carbocycles. The maximum absolute atomic E-state index is 12.8. The van der Waals surface area contributed by atoms with Crippen molar-refractivity contribution in [2.75, 3.05) is 17.7 Å². The molecular weight excluding hydrogens is 364 g/mol. The molecule has 0 atom stereocenters. The van der Waals surface area contributed by atoms with Gasteiger partial charge in [-0.1, -0.05) is 29.8 Å². The highest BCUT2D eigenvalue weighted by atomic mass is 16.5. The summed E-state index contributed by atoms with van der Waals surface area (Å²) in [7, 11) is 1.64. The lowest BCUT2D eigenvalue weighted by Gasteiger charge is -2.13. The number of anilines is 2. The summed E-state index contributed by atoms with van der Waals surface area (Å²) in [5.41, 5.74) is 6.16. The van der Waals surface area contributed by atoms with Crippen LogP contribution in [0.5, 0.6) is 5.75 Å². The monoisotopic (exact) mass is 390 g/mol. The van der Waals surface area contributed by atoms with E-state index in [4.69, 9.17) is 4.74 Å².